The maximum absolute atomic E-state index is 10.6. The highest BCUT2D eigenvalue weighted by Crippen LogP contribution is 2.13. The maximum atomic E-state index is 10.6. The van der Waals surface area contributed by atoms with E-state index in [1.54, 1.807) is 0 Å². The first-order chi connectivity index (χ1) is 9.15. The van der Waals surface area contributed by atoms with E-state index in [2.05, 4.69) is 41.0 Å². The molecule has 1 aromatic carbocycles. The molecule has 0 bridgehead atoms. The van der Waals surface area contributed by atoms with Crippen LogP contribution in [-0.4, -0.2) is 53.1 Å². The van der Waals surface area contributed by atoms with Crippen LogP contribution in [-0.2, 0) is 11.3 Å². The predicted molar refractivity (Wildman–Crippen MR) is 75.0 cm³/mol. The molecule has 1 atom stereocenters. The number of carboxylic acids is 1. The lowest BCUT2D eigenvalue weighted by Crippen LogP contribution is -2.51. The van der Waals surface area contributed by atoms with Gasteiger partial charge in [-0.2, -0.15) is 0 Å². The van der Waals surface area contributed by atoms with Gasteiger partial charge in [-0.3, -0.25) is 14.6 Å². The molecule has 0 radical (unpaired) electrons. The summed E-state index contributed by atoms with van der Waals surface area (Å²) < 4.78 is 0. The van der Waals surface area contributed by atoms with Crippen molar-refractivity contribution in [2.24, 2.45) is 0 Å². The molecular weight excluding hydrogens is 240 g/mol. The molecule has 1 aliphatic rings. The van der Waals surface area contributed by atoms with Crippen LogP contribution in [0.25, 0.3) is 0 Å². The summed E-state index contributed by atoms with van der Waals surface area (Å²) >= 11 is 0. The van der Waals surface area contributed by atoms with Crippen LogP contribution in [0.15, 0.2) is 30.3 Å². The van der Waals surface area contributed by atoms with Crippen LogP contribution in [0.3, 0.4) is 0 Å². The number of nitrogens with zero attached hydrogens (tertiary/aromatic N) is 2. The molecule has 0 aromatic heterocycles. The standard InChI is InChI=1S/C15H22N2O2/c1-13-11-16(12-14-5-3-2-4-6-14)9-10-17(13)8-7-15(18)19/h2-6,13H,7-12H2,1H3,(H,18,19)/t13-/m1/s1. The molecule has 1 aliphatic heterocycles. The summed E-state index contributed by atoms with van der Waals surface area (Å²) in [7, 11) is 0. The van der Waals surface area contributed by atoms with Crippen molar-refractivity contribution in [3.05, 3.63) is 35.9 Å². The zero-order valence-corrected chi connectivity index (χ0v) is 11.5. The van der Waals surface area contributed by atoms with E-state index in [0.717, 1.165) is 26.2 Å². The SMILES string of the molecule is C[C@@H]1CN(Cc2ccccc2)CCN1CCC(=O)O. The van der Waals surface area contributed by atoms with Crippen molar-refractivity contribution in [2.45, 2.75) is 25.9 Å². The third kappa shape index (κ3) is 4.33. The minimum Gasteiger partial charge on any atom is -0.481 e. The third-order valence-corrected chi connectivity index (χ3v) is 3.71. The topological polar surface area (TPSA) is 43.8 Å². The highest BCUT2D eigenvalue weighted by Gasteiger charge is 2.23. The minimum absolute atomic E-state index is 0.239. The zero-order valence-electron chi connectivity index (χ0n) is 11.5. The first-order valence-electron chi connectivity index (χ1n) is 6.87. The second-order valence-electron chi connectivity index (χ2n) is 5.25. The number of rotatable bonds is 5. The van der Waals surface area contributed by atoms with E-state index in [4.69, 9.17) is 5.11 Å². The van der Waals surface area contributed by atoms with E-state index < -0.39 is 5.97 Å². The molecule has 1 N–H and O–H groups in total. The summed E-state index contributed by atoms with van der Waals surface area (Å²) in [5, 5.41) is 8.74. The minimum atomic E-state index is -0.709. The van der Waals surface area contributed by atoms with E-state index in [1.165, 1.54) is 5.56 Å². The third-order valence-electron chi connectivity index (χ3n) is 3.71. The van der Waals surface area contributed by atoms with Crippen LogP contribution in [0.1, 0.15) is 18.9 Å². The fraction of sp³-hybridized carbons (Fsp3) is 0.533. The molecule has 19 heavy (non-hydrogen) atoms. The molecule has 1 fully saturated rings. The van der Waals surface area contributed by atoms with Gasteiger partial charge >= 0.3 is 5.97 Å². The number of carbonyl (C=O) groups is 1. The number of hydrogen-bond acceptors (Lipinski definition) is 3. The highest BCUT2D eigenvalue weighted by atomic mass is 16.4. The summed E-state index contributed by atoms with van der Waals surface area (Å²) in [6, 6.07) is 10.9. The van der Waals surface area contributed by atoms with Gasteiger partial charge in [-0.25, -0.2) is 0 Å². The van der Waals surface area contributed by atoms with Crippen molar-refractivity contribution in [3.8, 4) is 0 Å². The first-order valence-corrected chi connectivity index (χ1v) is 6.87. The molecule has 0 unspecified atom stereocenters. The van der Waals surface area contributed by atoms with Crippen LogP contribution in [0, 0.1) is 0 Å². The second-order valence-corrected chi connectivity index (χ2v) is 5.25. The van der Waals surface area contributed by atoms with E-state index in [-0.39, 0.29) is 6.42 Å². The van der Waals surface area contributed by atoms with Gasteiger partial charge in [-0.15, -0.1) is 0 Å². The van der Waals surface area contributed by atoms with Crippen molar-refractivity contribution in [1.29, 1.82) is 0 Å². The summed E-state index contributed by atoms with van der Waals surface area (Å²) in [5.41, 5.74) is 1.34. The number of aliphatic carboxylic acids is 1. The molecule has 0 amide bonds. The largest absolute Gasteiger partial charge is 0.481 e. The number of piperazine rings is 1. The molecule has 1 saturated heterocycles. The Kier molecular flexibility index (Phi) is 4.93. The van der Waals surface area contributed by atoms with Gasteiger partial charge in [0.2, 0.25) is 0 Å². The number of benzene rings is 1. The van der Waals surface area contributed by atoms with Crippen LogP contribution in [0.5, 0.6) is 0 Å². The van der Waals surface area contributed by atoms with Gasteiger partial charge in [0.1, 0.15) is 0 Å². The molecule has 2 rings (SSSR count). The lowest BCUT2D eigenvalue weighted by Gasteiger charge is -2.39. The number of carboxylic acid groups (broad SMARTS) is 1. The van der Waals surface area contributed by atoms with Crippen LogP contribution >= 0.6 is 0 Å². The van der Waals surface area contributed by atoms with Crippen LogP contribution in [0.2, 0.25) is 0 Å². The van der Waals surface area contributed by atoms with Gasteiger partial charge < -0.3 is 5.11 Å². The molecule has 4 nitrogen and oxygen atoms in total. The van der Waals surface area contributed by atoms with Crippen molar-refractivity contribution >= 4 is 5.97 Å². The molecular formula is C15H22N2O2. The average molecular weight is 262 g/mol. The van der Waals surface area contributed by atoms with Crippen molar-refractivity contribution in [2.75, 3.05) is 26.2 Å². The summed E-state index contributed by atoms with van der Waals surface area (Å²) in [4.78, 5) is 15.3. The maximum Gasteiger partial charge on any atom is 0.304 e. The first kappa shape index (κ1) is 14.0. The van der Waals surface area contributed by atoms with Crippen LogP contribution in [0.4, 0.5) is 0 Å². The Morgan fingerprint density at radius 3 is 2.68 bits per heavy atom. The normalized spacial score (nSPS) is 21.4. The fourth-order valence-corrected chi connectivity index (χ4v) is 2.63. The highest BCUT2D eigenvalue weighted by molar-refractivity contribution is 5.66. The van der Waals surface area contributed by atoms with Gasteiger partial charge in [0.05, 0.1) is 6.42 Å². The molecule has 0 saturated carbocycles. The van der Waals surface area contributed by atoms with Crippen molar-refractivity contribution in [3.63, 3.8) is 0 Å². The Labute approximate surface area is 114 Å². The van der Waals surface area contributed by atoms with Gasteiger partial charge in [0.25, 0.3) is 0 Å². The zero-order chi connectivity index (χ0) is 13.7. The Morgan fingerprint density at radius 2 is 2.05 bits per heavy atom. The van der Waals surface area contributed by atoms with Gasteiger partial charge in [-0.05, 0) is 12.5 Å². The van der Waals surface area contributed by atoms with Crippen LogP contribution < -0.4 is 0 Å². The van der Waals surface area contributed by atoms with Crippen molar-refractivity contribution in [1.82, 2.24) is 9.80 Å². The predicted octanol–water partition coefficient (Wildman–Crippen LogP) is 1.67. The van der Waals surface area contributed by atoms with E-state index in [9.17, 15) is 4.79 Å². The Balaban J connectivity index is 1.81. The van der Waals surface area contributed by atoms with E-state index in [1.807, 2.05) is 6.07 Å². The molecule has 4 heteroatoms. The van der Waals surface area contributed by atoms with Gasteiger partial charge in [0, 0.05) is 38.8 Å². The van der Waals surface area contributed by atoms with E-state index >= 15 is 0 Å². The quantitative estimate of drug-likeness (QED) is 0.876. The molecule has 104 valence electrons. The molecule has 1 aromatic rings. The van der Waals surface area contributed by atoms with Gasteiger partial charge in [0.15, 0.2) is 0 Å². The smallest absolute Gasteiger partial charge is 0.304 e. The monoisotopic (exact) mass is 262 g/mol. The summed E-state index contributed by atoms with van der Waals surface area (Å²) in [6.07, 6.45) is 0.239. The fourth-order valence-electron chi connectivity index (χ4n) is 2.63. The number of hydrogen-bond donors (Lipinski definition) is 1. The lowest BCUT2D eigenvalue weighted by molar-refractivity contribution is -0.137. The molecule has 0 spiro atoms. The van der Waals surface area contributed by atoms with E-state index in [0.29, 0.717) is 12.6 Å². The molecule has 1 heterocycles. The van der Waals surface area contributed by atoms with Crippen molar-refractivity contribution < 1.29 is 9.90 Å². The Hall–Kier alpha value is -1.39. The Morgan fingerprint density at radius 1 is 1.32 bits per heavy atom. The summed E-state index contributed by atoms with van der Waals surface area (Å²) in [6.45, 7) is 6.81. The van der Waals surface area contributed by atoms with Gasteiger partial charge in [-0.1, -0.05) is 30.3 Å². The molecule has 0 aliphatic carbocycles. The average Bonchev–Trinajstić information content (AvgIpc) is 2.39. The lowest BCUT2D eigenvalue weighted by atomic mass is 10.1. The summed E-state index contributed by atoms with van der Waals surface area (Å²) in [5.74, 6) is -0.709. The second kappa shape index (κ2) is 6.68. The Bertz CT molecular complexity index is 408.